The third-order valence-electron chi connectivity index (χ3n) is 9.49. The molecule has 15 N–H and O–H groups in total. The Morgan fingerprint density at radius 2 is 0.833 bits per heavy atom. The number of amides is 3. The lowest BCUT2D eigenvalue weighted by molar-refractivity contribution is -0.361. The maximum atomic E-state index is 12.3. The molecule has 0 saturated carbocycles. The van der Waals surface area contributed by atoms with Crippen molar-refractivity contribution in [3.63, 3.8) is 0 Å². The highest BCUT2D eigenvalue weighted by atomic mass is 16.8. The third kappa shape index (κ3) is 9.79. The standard InChI is InChI=1S/C30H52N4O20/c1-8(39)32-16-21(44)24(12(5-36)48-27(16)47)53-29-18(34-10(3)41)23(46)26(14(7-38)51-29)54-30-17(33-9(2)40)22(45)25(13(6-37)50-30)52-28-15(31)20(43)19(42)11(4-35)49-28/h11-30,35-38,42-47H,4-7,31H2,1-3H3,(H,32,39)(H,33,40)(H,34,41)/t11-,12-,13+,14-,15-,16-,17-,18-,19-,20-,21?,22?,23-,24-,25-,26-,27-,28-,29-,30+/m1/s1. The van der Waals surface area contributed by atoms with Crippen LogP contribution < -0.4 is 21.7 Å². The molecule has 54 heavy (non-hydrogen) atoms. The Balaban J connectivity index is 1.59. The molecule has 4 heterocycles. The van der Waals surface area contributed by atoms with E-state index in [4.69, 9.17) is 38.9 Å². The first-order valence-electron chi connectivity index (χ1n) is 17.1. The molecule has 0 radical (unpaired) electrons. The minimum atomic E-state index is -1.87. The van der Waals surface area contributed by atoms with Gasteiger partial charge in [-0.1, -0.05) is 0 Å². The van der Waals surface area contributed by atoms with Crippen molar-refractivity contribution in [1.29, 1.82) is 0 Å². The summed E-state index contributed by atoms with van der Waals surface area (Å²) < 4.78 is 40.3. The molecule has 0 spiro atoms. The molecule has 4 rings (SSSR count). The van der Waals surface area contributed by atoms with Gasteiger partial charge < -0.3 is 106 Å². The molecule has 4 saturated heterocycles. The quantitative estimate of drug-likeness (QED) is 0.0824. The van der Waals surface area contributed by atoms with Crippen LogP contribution in [-0.2, 0) is 47.5 Å². The maximum absolute atomic E-state index is 12.3. The summed E-state index contributed by atoms with van der Waals surface area (Å²) in [7, 11) is 0. The minimum Gasteiger partial charge on any atom is -0.394 e. The van der Waals surface area contributed by atoms with E-state index in [9.17, 15) is 65.4 Å². The van der Waals surface area contributed by atoms with Crippen molar-refractivity contribution in [2.45, 2.75) is 143 Å². The van der Waals surface area contributed by atoms with E-state index in [0.29, 0.717) is 0 Å². The number of nitrogens with one attached hydrogen (secondary N) is 3. The highest BCUT2D eigenvalue weighted by Crippen LogP contribution is 2.34. The van der Waals surface area contributed by atoms with Gasteiger partial charge in [-0.25, -0.2) is 0 Å². The van der Waals surface area contributed by atoms with Gasteiger partial charge in [0.2, 0.25) is 17.7 Å². The van der Waals surface area contributed by atoms with Crippen molar-refractivity contribution in [2.24, 2.45) is 5.73 Å². The molecule has 0 aliphatic carbocycles. The first kappa shape index (κ1) is 44.4. The van der Waals surface area contributed by atoms with Crippen LogP contribution in [0.2, 0.25) is 0 Å². The lowest BCUT2D eigenvalue weighted by Gasteiger charge is -2.50. The first-order chi connectivity index (χ1) is 25.5. The monoisotopic (exact) mass is 788 g/mol. The fourth-order valence-corrected chi connectivity index (χ4v) is 6.81. The van der Waals surface area contributed by atoms with Gasteiger partial charge in [-0.15, -0.1) is 0 Å². The fourth-order valence-electron chi connectivity index (χ4n) is 6.81. The Bertz CT molecular complexity index is 1260. The van der Waals surface area contributed by atoms with Crippen molar-refractivity contribution in [3.8, 4) is 0 Å². The zero-order chi connectivity index (χ0) is 40.2. The van der Waals surface area contributed by atoms with Crippen molar-refractivity contribution in [3.05, 3.63) is 0 Å². The van der Waals surface area contributed by atoms with Crippen LogP contribution in [0, 0.1) is 0 Å². The molecule has 3 amide bonds. The number of aliphatic hydroxyl groups is 10. The number of nitrogens with two attached hydrogens (primary N) is 1. The van der Waals surface area contributed by atoms with E-state index < -0.39 is 167 Å². The van der Waals surface area contributed by atoms with E-state index in [2.05, 4.69) is 16.0 Å². The molecule has 4 aliphatic rings. The molecule has 0 aromatic rings. The van der Waals surface area contributed by atoms with E-state index >= 15 is 0 Å². The Morgan fingerprint density at radius 3 is 1.22 bits per heavy atom. The third-order valence-corrected chi connectivity index (χ3v) is 9.49. The van der Waals surface area contributed by atoms with E-state index in [1.807, 2.05) is 0 Å². The van der Waals surface area contributed by atoms with Crippen LogP contribution in [0.15, 0.2) is 0 Å². The second-order valence-electron chi connectivity index (χ2n) is 13.4. The lowest BCUT2D eigenvalue weighted by Crippen LogP contribution is -2.71. The molecule has 0 aromatic heterocycles. The van der Waals surface area contributed by atoms with Gasteiger partial charge in [-0.05, 0) is 0 Å². The van der Waals surface area contributed by atoms with Crippen molar-refractivity contribution >= 4 is 17.7 Å². The number of carbonyl (C=O) groups excluding carboxylic acids is 3. The summed E-state index contributed by atoms with van der Waals surface area (Å²) >= 11 is 0. The van der Waals surface area contributed by atoms with E-state index in [1.165, 1.54) is 0 Å². The molecule has 24 heteroatoms. The average molecular weight is 789 g/mol. The van der Waals surface area contributed by atoms with Crippen LogP contribution in [0.3, 0.4) is 0 Å². The number of aliphatic hydroxyl groups excluding tert-OH is 10. The van der Waals surface area contributed by atoms with Gasteiger partial charge in [0.25, 0.3) is 0 Å². The van der Waals surface area contributed by atoms with Gasteiger partial charge in [0.05, 0.1) is 32.5 Å². The van der Waals surface area contributed by atoms with E-state index in [0.717, 1.165) is 20.8 Å². The maximum Gasteiger partial charge on any atom is 0.217 e. The zero-order valence-electron chi connectivity index (χ0n) is 29.5. The minimum absolute atomic E-state index is 0.655. The first-order valence-corrected chi connectivity index (χ1v) is 17.1. The van der Waals surface area contributed by atoms with Crippen molar-refractivity contribution in [1.82, 2.24) is 16.0 Å². The predicted molar refractivity (Wildman–Crippen MR) is 171 cm³/mol. The second-order valence-corrected chi connectivity index (χ2v) is 13.4. The van der Waals surface area contributed by atoms with Gasteiger partial charge >= 0.3 is 0 Å². The summed E-state index contributed by atoms with van der Waals surface area (Å²) in [6.07, 6.45) is -26.1. The van der Waals surface area contributed by atoms with Crippen LogP contribution in [0.25, 0.3) is 0 Å². The van der Waals surface area contributed by atoms with Crippen LogP contribution in [0.1, 0.15) is 20.8 Å². The SMILES string of the molecule is CC(=O)N[C@H]1[C@@H](O[C@H]2C(O)[C@@H](NC(C)=O)[C@H](O)O[C@@H]2CO)O[C@H](CO)[C@@H](O[C@@H]2O[C@@H](CO)[C@@H](O[C@H]3O[C@H](CO)[C@@H](O)[C@H](O)[C@H]3N)C(O)[C@H]2NC(C)=O)[C@@H]1O. The zero-order valence-corrected chi connectivity index (χ0v) is 29.5. The number of carbonyl (C=O) groups is 3. The van der Waals surface area contributed by atoms with Crippen molar-refractivity contribution in [2.75, 3.05) is 26.4 Å². The summed E-state index contributed by atoms with van der Waals surface area (Å²) in [5, 5.41) is 112. The normalized spacial score (nSPS) is 45.7. The summed E-state index contributed by atoms with van der Waals surface area (Å²) in [5.41, 5.74) is 5.98. The fraction of sp³-hybridized carbons (Fsp3) is 0.900. The molecule has 4 aliphatic heterocycles. The number of hydrogen-bond acceptors (Lipinski definition) is 21. The van der Waals surface area contributed by atoms with E-state index in [-0.39, 0.29) is 0 Å². The Kier molecular flexibility index (Phi) is 15.8. The van der Waals surface area contributed by atoms with Gasteiger partial charge in [-0.2, -0.15) is 0 Å². The van der Waals surface area contributed by atoms with Crippen LogP contribution in [0.5, 0.6) is 0 Å². The molecule has 20 atom stereocenters. The Labute approximate surface area is 308 Å². The van der Waals surface area contributed by atoms with E-state index in [1.54, 1.807) is 0 Å². The van der Waals surface area contributed by atoms with Crippen LogP contribution in [0.4, 0.5) is 0 Å². The number of rotatable bonds is 13. The van der Waals surface area contributed by atoms with Gasteiger partial charge in [0.15, 0.2) is 25.2 Å². The smallest absolute Gasteiger partial charge is 0.217 e. The molecular weight excluding hydrogens is 736 g/mol. The van der Waals surface area contributed by atoms with Gasteiger partial charge in [-0.3, -0.25) is 14.4 Å². The second kappa shape index (κ2) is 19.2. The Morgan fingerprint density at radius 1 is 0.500 bits per heavy atom. The summed E-state index contributed by atoms with van der Waals surface area (Å²) in [4.78, 5) is 36.3. The topological polar surface area (TPSA) is 380 Å². The summed E-state index contributed by atoms with van der Waals surface area (Å²) in [6, 6.07) is -6.00. The molecule has 312 valence electrons. The molecule has 0 bridgehead atoms. The van der Waals surface area contributed by atoms with Crippen LogP contribution >= 0.6 is 0 Å². The van der Waals surface area contributed by atoms with Gasteiger partial charge in [0, 0.05) is 20.8 Å². The lowest BCUT2D eigenvalue weighted by atomic mass is 9.93. The predicted octanol–water partition coefficient (Wildman–Crippen LogP) is -9.35. The Hall–Kier alpha value is -2.31. The summed E-state index contributed by atoms with van der Waals surface area (Å²) in [6.45, 7) is -0.0467. The van der Waals surface area contributed by atoms with Gasteiger partial charge in [0.1, 0.15) is 91.4 Å². The average Bonchev–Trinajstić information content (AvgIpc) is 3.12. The largest absolute Gasteiger partial charge is 0.394 e. The highest BCUT2D eigenvalue weighted by Gasteiger charge is 2.56. The molecular formula is C30H52N4O20. The summed E-state index contributed by atoms with van der Waals surface area (Å²) in [5.74, 6) is -2.11. The highest BCUT2D eigenvalue weighted by molar-refractivity contribution is 5.74. The molecule has 2 unspecified atom stereocenters. The number of hydrogen-bond donors (Lipinski definition) is 14. The van der Waals surface area contributed by atoms with Crippen LogP contribution in [-0.4, -0.2) is 218 Å². The van der Waals surface area contributed by atoms with Crippen molar-refractivity contribution < 1.29 is 98.6 Å². The molecule has 0 aromatic carbocycles. The number of ether oxygens (including phenoxy) is 7. The molecule has 4 fully saturated rings. The molecule has 24 nitrogen and oxygen atoms in total.